The molecule has 0 amide bonds. The normalized spacial score (nSPS) is 11.2. The molecule has 0 spiro atoms. The van der Waals surface area contributed by atoms with Crippen LogP contribution in [0.5, 0.6) is 0 Å². The molecule has 0 nitrogen and oxygen atoms in total. The number of hydrogen-bond acceptors (Lipinski definition) is 0. The summed E-state index contributed by atoms with van der Waals surface area (Å²) in [5, 5.41) is 0. The summed E-state index contributed by atoms with van der Waals surface area (Å²) in [5.74, 6) is 0. The molecular weight excluding hydrogens is 296 g/mol. The number of halogens is 3. The quantitative estimate of drug-likeness (QED) is 0.603. The maximum absolute atomic E-state index is 3.19. The average Bonchev–Trinajstić information content (AvgIpc) is 0.811. The zero-order valence-corrected chi connectivity index (χ0v) is 7.35. The molecule has 0 radical (unpaired) electrons. The monoisotopic (exact) mass is 293 g/mol. The van der Waals surface area contributed by atoms with Gasteiger partial charge in [0.15, 0.2) is 0 Å². The predicted octanol–water partition coefficient (Wildman–Crippen LogP) is 2.53. The van der Waals surface area contributed by atoms with Gasteiger partial charge in [0.2, 0.25) is 0 Å². The van der Waals surface area contributed by atoms with Crippen molar-refractivity contribution in [3.05, 3.63) is 0 Å². The third-order valence-electron chi connectivity index (χ3n) is 0. The third kappa shape index (κ3) is 9.03. The van der Waals surface area contributed by atoms with E-state index in [-0.39, 0.29) is 8.48 Å². The molecule has 0 atom stereocenters. The average molecular weight is 296 g/mol. The van der Waals surface area contributed by atoms with E-state index >= 15 is 0 Å². The van der Waals surface area contributed by atoms with Crippen LogP contribution in [-0.4, -0.2) is 0 Å². The summed E-state index contributed by atoms with van der Waals surface area (Å²) < 4.78 is 0. The molecule has 4 heavy (non-hydrogen) atoms. The van der Waals surface area contributed by atoms with Crippen LogP contribution in [0, 0.1) is 0 Å². The van der Waals surface area contributed by atoms with Gasteiger partial charge in [0.1, 0.15) is 0 Å². The molecule has 0 aromatic rings. The molecule has 0 unspecified atom stereocenters. The van der Waals surface area contributed by atoms with Gasteiger partial charge >= 0.3 is 50.8 Å². The van der Waals surface area contributed by atoms with E-state index in [0.29, 0.717) is 0 Å². The van der Waals surface area contributed by atoms with E-state index in [4.69, 9.17) is 0 Å². The molecule has 0 fully saturated rings. The van der Waals surface area contributed by atoms with Crippen molar-refractivity contribution >= 4 is 42.3 Å². The van der Waals surface area contributed by atoms with E-state index in [1.165, 1.54) is 0 Å². The van der Waals surface area contributed by atoms with Crippen molar-refractivity contribution in [2.45, 2.75) is 0 Å². The Morgan fingerprint density at radius 2 is 1.00 bits per heavy atom. The van der Waals surface area contributed by atoms with E-state index < -0.39 is 0 Å². The summed E-state index contributed by atoms with van der Waals surface area (Å²) in [6.07, 6.45) is 0. The first-order valence-electron chi connectivity index (χ1n) is 0.401. The first-order valence-corrected chi connectivity index (χ1v) is 8.59. The Hall–Kier alpha value is 1.96. The van der Waals surface area contributed by atoms with Crippen molar-refractivity contribution in [1.29, 1.82) is 0 Å². The summed E-state index contributed by atoms with van der Waals surface area (Å²) in [4.78, 5) is 0. The summed E-state index contributed by atoms with van der Waals surface area (Å²) in [6, 6.07) is 0. The molecule has 0 bridgehead atoms. The van der Waals surface area contributed by atoms with Crippen LogP contribution < -0.4 is 0 Å². The van der Waals surface area contributed by atoms with Crippen LogP contribution in [-0.2, 0) is 8.48 Å². The van der Waals surface area contributed by atoms with Gasteiger partial charge in [-0.05, 0) is 0 Å². The third-order valence-corrected chi connectivity index (χ3v) is 0. The van der Waals surface area contributed by atoms with E-state index in [1.807, 2.05) is 0 Å². The Bertz CT molecular complexity index is 8.00. The van der Waals surface area contributed by atoms with Crippen molar-refractivity contribution in [1.82, 2.24) is 0 Å². The molecule has 0 aromatic heterocycles. The zero-order chi connectivity index (χ0) is 3.58. The topological polar surface area (TPSA) is 0 Å². The van der Waals surface area contributed by atoms with Crippen LogP contribution in [0.3, 0.4) is 0 Å². The molecule has 0 aromatic carbocycles. The van der Waals surface area contributed by atoms with Gasteiger partial charge in [-0.3, -0.25) is 0 Å². The van der Waals surface area contributed by atoms with Crippen LogP contribution in [0.2, 0.25) is 0 Å². The fourth-order valence-corrected chi connectivity index (χ4v) is 0. The summed E-state index contributed by atoms with van der Waals surface area (Å²) in [5.41, 5.74) is 0. The molecule has 0 rings (SSSR count). The Balaban J connectivity index is 2.32. The van der Waals surface area contributed by atoms with Crippen LogP contribution in [0.15, 0.2) is 0 Å². The molecule has 0 aliphatic rings. The number of rotatable bonds is 0. The molecule has 30 valence electrons. The van der Waals surface area contributed by atoms with E-state index in [9.17, 15) is 0 Å². The molecule has 0 N–H and O–H groups in total. The van der Waals surface area contributed by atoms with E-state index in [2.05, 4.69) is 42.3 Å². The van der Waals surface area contributed by atoms with Crippen molar-refractivity contribution in [2.24, 2.45) is 0 Å². The molecular formula is Br3Fe-. The van der Waals surface area contributed by atoms with Crippen LogP contribution >= 0.6 is 42.3 Å². The minimum absolute atomic E-state index is 0.312. The van der Waals surface area contributed by atoms with Gasteiger partial charge in [-0.1, -0.05) is 0 Å². The molecule has 0 aliphatic carbocycles. The van der Waals surface area contributed by atoms with Gasteiger partial charge in [0.05, 0.1) is 0 Å². The summed E-state index contributed by atoms with van der Waals surface area (Å²) in [7, 11) is -0.312. The first kappa shape index (κ1) is 5.96. The molecule has 0 heterocycles. The van der Waals surface area contributed by atoms with Gasteiger partial charge in [0, 0.05) is 0 Å². The Morgan fingerprint density at radius 1 is 1.00 bits per heavy atom. The Labute approximate surface area is 50.3 Å². The van der Waals surface area contributed by atoms with Crippen molar-refractivity contribution < 1.29 is 8.48 Å². The minimum atomic E-state index is -0.312. The van der Waals surface area contributed by atoms with Gasteiger partial charge < -0.3 is 0 Å². The van der Waals surface area contributed by atoms with Gasteiger partial charge in [-0.2, -0.15) is 0 Å². The number of hydrogen-bond donors (Lipinski definition) is 0. The van der Waals surface area contributed by atoms with Crippen molar-refractivity contribution in [2.75, 3.05) is 0 Å². The second kappa shape index (κ2) is 3.16. The molecule has 0 saturated heterocycles. The standard InChI is InChI=1S/3BrH.Fe/h3*1H;/q;;;+2/p-3. The summed E-state index contributed by atoms with van der Waals surface area (Å²) in [6.45, 7) is 0. The second-order valence-corrected chi connectivity index (χ2v) is 16.9. The molecule has 0 saturated carbocycles. The summed E-state index contributed by atoms with van der Waals surface area (Å²) >= 11 is 9.56. The van der Waals surface area contributed by atoms with Crippen molar-refractivity contribution in [3.63, 3.8) is 0 Å². The van der Waals surface area contributed by atoms with Gasteiger partial charge in [0.25, 0.3) is 0 Å². The fourth-order valence-electron chi connectivity index (χ4n) is 0. The zero-order valence-electron chi connectivity index (χ0n) is 1.49. The van der Waals surface area contributed by atoms with Crippen LogP contribution in [0.4, 0.5) is 0 Å². The van der Waals surface area contributed by atoms with Crippen LogP contribution in [0.1, 0.15) is 0 Å². The van der Waals surface area contributed by atoms with Gasteiger partial charge in [-0.25, -0.2) is 0 Å². The molecule has 0 aliphatic heterocycles. The van der Waals surface area contributed by atoms with Gasteiger partial charge in [-0.15, -0.1) is 0 Å². The molecule has 4 heteroatoms. The van der Waals surface area contributed by atoms with Crippen LogP contribution in [0.25, 0.3) is 0 Å². The second-order valence-electron chi connectivity index (χ2n) is 0.152. The van der Waals surface area contributed by atoms with E-state index in [0.717, 1.165) is 0 Å². The Morgan fingerprint density at radius 3 is 1.00 bits per heavy atom. The van der Waals surface area contributed by atoms with Crippen molar-refractivity contribution in [3.8, 4) is 0 Å². The predicted molar refractivity (Wildman–Crippen MR) is 26.8 cm³/mol. The maximum atomic E-state index is 3.19. The first-order chi connectivity index (χ1) is 1.73. The SMILES string of the molecule is [Br][Fe-]([Br])[Br]. The fraction of sp³-hybridized carbons (Fsp3) is 0. The Kier molecular flexibility index (Phi) is 4.71. The van der Waals surface area contributed by atoms with E-state index in [1.54, 1.807) is 0 Å².